The summed E-state index contributed by atoms with van der Waals surface area (Å²) in [5.41, 5.74) is 3.44. The van der Waals surface area contributed by atoms with Crippen molar-refractivity contribution in [3.63, 3.8) is 0 Å². The number of hydrogen-bond donors (Lipinski definition) is 1. The third kappa shape index (κ3) is 6.38. The molecule has 1 heterocycles. The molecule has 1 rings (SSSR count). The van der Waals surface area contributed by atoms with E-state index in [9.17, 15) is 9.59 Å². The summed E-state index contributed by atoms with van der Waals surface area (Å²) in [6, 6.07) is 1.69. The molecule has 0 bridgehead atoms. The predicted octanol–water partition coefficient (Wildman–Crippen LogP) is 2.33. The maximum absolute atomic E-state index is 11.9. The minimum absolute atomic E-state index is 0.136. The Morgan fingerprint density at radius 2 is 1.86 bits per heavy atom. The van der Waals surface area contributed by atoms with E-state index >= 15 is 0 Å². The molecule has 0 fully saturated rings. The standard InChI is InChI=1S/C14H22N4O4/c1-13(2,3)22-12(20)17-10(18-8-6-7-16-18)9-14(4,5)21-11(15)19/h6-8H,9H2,1-5H3,(H2,15,19). The van der Waals surface area contributed by atoms with Crippen LogP contribution in [0.3, 0.4) is 0 Å². The van der Waals surface area contributed by atoms with E-state index in [-0.39, 0.29) is 12.3 Å². The molecular weight excluding hydrogens is 288 g/mol. The fourth-order valence-electron chi connectivity index (χ4n) is 1.67. The average Bonchev–Trinajstić information content (AvgIpc) is 2.75. The SMILES string of the molecule is CC(C)(C)OC(=O)N=C(CC(C)(C)OC(N)=O)n1cccn1. The van der Waals surface area contributed by atoms with Crippen LogP contribution < -0.4 is 5.73 Å². The minimum Gasteiger partial charge on any atom is -0.443 e. The molecule has 0 aliphatic rings. The molecule has 1 aromatic rings. The van der Waals surface area contributed by atoms with E-state index in [1.54, 1.807) is 53.1 Å². The normalized spacial score (nSPS) is 12.9. The molecule has 0 atom stereocenters. The zero-order valence-corrected chi connectivity index (χ0v) is 13.5. The van der Waals surface area contributed by atoms with Gasteiger partial charge in [-0.3, -0.25) is 0 Å². The molecular formula is C14H22N4O4. The number of hydrogen-bond acceptors (Lipinski definition) is 5. The van der Waals surface area contributed by atoms with Crippen LogP contribution >= 0.6 is 0 Å². The monoisotopic (exact) mass is 310 g/mol. The average molecular weight is 310 g/mol. The van der Waals surface area contributed by atoms with Gasteiger partial charge in [0.15, 0.2) is 0 Å². The van der Waals surface area contributed by atoms with Crippen LogP contribution in [0, 0.1) is 0 Å². The lowest BCUT2D eigenvalue weighted by molar-refractivity contribution is 0.0502. The smallest absolute Gasteiger partial charge is 0.435 e. The van der Waals surface area contributed by atoms with Gasteiger partial charge in [-0.1, -0.05) is 0 Å². The van der Waals surface area contributed by atoms with Crippen molar-refractivity contribution in [2.45, 2.75) is 52.2 Å². The number of nitrogens with zero attached hydrogens (tertiary/aromatic N) is 3. The molecule has 8 heteroatoms. The van der Waals surface area contributed by atoms with E-state index in [0.717, 1.165) is 0 Å². The number of rotatable bonds is 3. The van der Waals surface area contributed by atoms with E-state index in [1.165, 1.54) is 4.68 Å². The van der Waals surface area contributed by atoms with Crippen molar-refractivity contribution in [1.29, 1.82) is 0 Å². The molecule has 0 radical (unpaired) electrons. The van der Waals surface area contributed by atoms with Gasteiger partial charge in [-0.2, -0.15) is 10.1 Å². The summed E-state index contributed by atoms with van der Waals surface area (Å²) in [7, 11) is 0. The number of aliphatic imine (C=N–C) groups is 1. The summed E-state index contributed by atoms with van der Waals surface area (Å²) in [6.07, 6.45) is 1.67. The van der Waals surface area contributed by atoms with E-state index < -0.39 is 23.4 Å². The third-order valence-corrected chi connectivity index (χ3v) is 2.34. The summed E-state index contributed by atoms with van der Waals surface area (Å²) in [5, 5.41) is 4.04. The predicted molar refractivity (Wildman–Crippen MR) is 80.7 cm³/mol. The van der Waals surface area contributed by atoms with Crippen molar-refractivity contribution in [3.05, 3.63) is 18.5 Å². The summed E-state index contributed by atoms with van der Waals surface area (Å²) in [4.78, 5) is 26.7. The zero-order chi connectivity index (χ0) is 17.0. The van der Waals surface area contributed by atoms with Gasteiger partial charge in [0.25, 0.3) is 0 Å². The van der Waals surface area contributed by atoms with Crippen LogP contribution in [-0.4, -0.2) is 39.0 Å². The van der Waals surface area contributed by atoms with Gasteiger partial charge in [-0.05, 0) is 40.7 Å². The van der Waals surface area contributed by atoms with Gasteiger partial charge < -0.3 is 15.2 Å². The van der Waals surface area contributed by atoms with Crippen LogP contribution in [0.15, 0.2) is 23.5 Å². The van der Waals surface area contributed by atoms with Gasteiger partial charge in [-0.25, -0.2) is 14.3 Å². The largest absolute Gasteiger partial charge is 0.443 e. The Morgan fingerprint density at radius 1 is 1.23 bits per heavy atom. The topological polar surface area (TPSA) is 109 Å². The lowest BCUT2D eigenvalue weighted by atomic mass is 10.0. The zero-order valence-electron chi connectivity index (χ0n) is 13.5. The lowest BCUT2D eigenvalue weighted by Crippen LogP contribution is -2.35. The van der Waals surface area contributed by atoms with Gasteiger partial charge in [0, 0.05) is 18.8 Å². The highest BCUT2D eigenvalue weighted by Gasteiger charge is 2.27. The Labute approximate surface area is 129 Å². The molecule has 0 spiro atoms. The first-order chi connectivity index (χ1) is 9.98. The molecule has 2 N–H and O–H groups in total. The molecule has 2 amide bonds. The number of carbonyl (C=O) groups is 2. The maximum atomic E-state index is 11.9. The number of ether oxygens (including phenoxy) is 2. The van der Waals surface area contributed by atoms with E-state index in [1.807, 2.05) is 0 Å². The van der Waals surface area contributed by atoms with Crippen LogP contribution in [-0.2, 0) is 9.47 Å². The third-order valence-electron chi connectivity index (χ3n) is 2.34. The van der Waals surface area contributed by atoms with Gasteiger partial charge in [-0.15, -0.1) is 0 Å². The van der Waals surface area contributed by atoms with Crippen LogP contribution in [0.5, 0.6) is 0 Å². The van der Waals surface area contributed by atoms with Crippen molar-refractivity contribution in [1.82, 2.24) is 9.78 Å². The molecule has 22 heavy (non-hydrogen) atoms. The minimum atomic E-state index is -0.946. The van der Waals surface area contributed by atoms with Gasteiger partial charge in [0.05, 0.1) is 0 Å². The number of nitrogens with two attached hydrogens (primary N) is 1. The summed E-state index contributed by atoms with van der Waals surface area (Å²) in [5.74, 6) is 0.283. The molecule has 0 aliphatic carbocycles. The highest BCUT2D eigenvalue weighted by atomic mass is 16.6. The second-order valence-electron chi connectivity index (χ2n) is 6.32. The molecule has 122 valence electrons. The van der Waals surface area contributed by atoms with Crippen LogP contribution in [0.2, 0.25) is 0 Å². The van der Waals surface area contributed by atoms with Crippen LogP contribution in [0.4, 0.5) is 9.59 Å². The number of primary amides is 1. The molecule has 0 aromatic carbocycles. The van der Waals surface area contributed by atoms with E-state index in [2.05, 4.69) is 10.1 Å². The van der Waals surface area contributed by atoms with Crippen molar-refractivity contribution in [2.24, 2.45) is 10.7 Å². The highest BCUT2D eigenvalue weighted by molar-refractivity contribution is 5.93. The van der Waals surface area contributed by atoms with Gasteiger partial charge in [0.2, 0.25) is 0 Å². The van der Waals surface area contributed by atoms with Crippen molar-refractivity contribution >= 4 is 18.0 Å². The molecule has 0 saturated heterocycles. The number of amides is 2. The Kier molecular flexibility index (Phi) is 5.29. The fourth-order valence-corrected chi connectivity index (χ4v) is 1.67. The van der Waals surface area contributed by atoms with E-state index in [4.69, 9.17) is 15.2 Å². The first kappa shape index (κ1) is 17.7. The highest BCUT2D eigenvalue weighted by Crippen LogP contribution is 2.17. The molecule has 8 nitrogen and oxygen atoms in total. The lowest BCUT2D eigenvalue weighted by Gasteiger charge is -2.24. The number of aromatic nitrogens is 2. The molecule has 0 unspecified atom stereocenters. The maximum Gasteiger partial charge on any atom is 0.435 e. The number of carbonyl (C=O) groups excluding carboxylic acids is 2. The van der Waals surface area contributed by atoms with Gasteiger partial charge >= 0.3 is 12.2 Å². The molecule has 0 saturated carbocycles. The quantitative estimate of drug-likeness (QED) is 0.680. The Morgan fingerprint density at radius 3 is 2.32 bits per heavy atom. The second-order valence-corrected chi connectivity index (χ2v) is 6.32. The second kappa shape index (κ2) is 6.59. The Balaban J connectivity index is 3.00. The molecule has 0 aliphatic heterocycles. The molecule has 1 aromatic heterocycles. The summed E-state index contributed by atoms with van der Waals surface area (Å²) in [6.45, 7) is 8.55. The summed E-state index contributed by atoms with van der Waals surface area (Å²) >= 11 is 0. The Bertz CT molecular complexity index is 556. The first-order valence-electron chi connectivity index (χ1n) is 6.77. The fraction of sp³-hybridized carbons (Fsp3) is 0.571. The van der Waals surface area contributed by atoms with Crippen molar-refractivity contribution in [3.8, 4) is 0 Å². The van der Waals surface area contributed by atoms with Crippen molar-refractivity contribution < 1.29 is 19.1 Å². The first-order valence-corrected chi connectivity index (χ1v) is 6.77. The summed E-state index contributed by atoms with van der Waals surface area (Å²) < 4.78 is 11.6. The Hall–Kier alpha value is -2.38. The van der Waals surface area contributed by atoms with Crippen LogP contribution in [0.1, 0.15) is 41.0 Å². The van der Waals surface area contributed by atoms with Gasteiger partial charge in [0.1, 0.15) is 17.0 Å². The van der Waals surface area contributed by atoms with Crippen molar-refractivity contribution in [2.75, 3.05) is 0 Å². The van der Waals surface area contributed by atoms with Crippen LogP contribution in [0.25, 0.3) is 0 Å². The van der Waals surface area contributed by atoms with E-state index in [0.29, 0.717) is 0 Å².